The monoisotopic (exact) mass is 830 g/mol. The molecule has 65 heavy (non-hydrogen) atoms. The maximum absolute atomic E-state index is 7.15. The number of nitrogens with zero attached hydrogens (tertiary/aromatic N) is 4. The van der Waals surface area contributed by atoms with Gasteiger partial charge in [0, 0.05) is 27.4 Å². The average molecular weight is 831 g/mol. The third-order valence-electron chi connectivity index (χ3n) is 13.0. The minimum Gasteiger partial charge on any atom is -0.459 e. The number of rotatable bonds is 6. The van der Waals surface area contributed by atoms with E-state index < -0.39 is 0 Å². The SMILES string of the molecule is c1ccc(-c2nc(-c3ccccc3)nc(-n3c4ccccc4c4cc(B5c6ccccc6Oc6ccc7c(c65)Oc5ccccc5B7c5ccccc5-c5ccccc5)ccc43)n2)cc1. The predicted octanol–water partition coefficient (Wildman–Crippen LogP) is 9.21. The van der Waals surface area contributed by atoms with Crippen molar-refractivity contribution in [2.24, 2.45) is 0 Å². The zero-order chi connectivity index (χ0) is 42.8. The summed E-state index contributed by atoms with van der Waals surface area (Å²) in [5.74, 6) is 5.09. The van der Waals surface area contributed by atoms with Gasteiger partial charge in [0.25, 0.3) is 13.4 Å². The van der Waals surface area contributed by atoms with Crippen molar-refractivity contribution >= 4 is 68.0 Å². The molecule has 6 nitrogen and oxygen atoms in total. The fourth-order valence-electron chi connectivity index (χ4n) is 10.1. The molecule has 0 amide bonds. The van der Waals surface area contributed by atoms with Crippen LogP contribution in [0.25, 0.3) is 61.7 Å². The average Bonchev–Trinajstić information content (AvgIpc) is 3.71. The van der Waals surface area contributed by atoms with Crippen LogP contribution in [0, 0.1) is 0 Å². The molecule has 0 atom stereocenters. The van der Waals surface area contributed by atoms with Gasteiger partial charge in [-0.3, -0.25) is 4.57 Å². The highest BCUT2D eigenvalue weighted by Crippen LogP contribution is 2.35. The summed E-state index contributed by atoms with van der Waals surface area (Å²) in [4.78, 5) is 15.3. The lowest BCUT2D eigenvalue weighted by atomic mass is 9.31. The molecule has 0 N–H and O–H groups in total. The Morgan fingerprint density at radius 2 is 0.923 bits per heavy atom. The van der Waals surface area contributed by atoms with Crippen LogP contribution in [0.15, 0.2) is 218 Å². The van der Waals surface area contributed by atoms with E-state index in [1.54, 1.807) is 0 Å². The molecule has 0 radical (unpaired) electrons. The number of para-hydroxylation sites is 3. The van der Waals surface area contributed by atoms with Crippen molar-refractivity contribution in [2.45, 2.75) is 0 Å². The van der Waals surface area contributed by atoms with Crippen LogP contribution in [0.3, 0.4) is 0 Å². The van der Waals surface area contributed by atoms with Gasteiger partial charge < -0.3 is 9.47 Å². The van der Waals surface area contributed by atoms with E-state index in [-0.39, 0.29) is 13.4 Å². The van der Waals surface area contributed by atoms with Crippen LogP contribution in [0.4, 0.5) is 0 Å². The Balaban J connectivity index is 1.02. The summed E-state index contributed by atoms with van der Waals surface area (Å²) >= 11 is 0. The Labute approximate surface area is 376 Å². The first-order chi connectivity index (χ1) is 32.2. The summed E-state index contributed by atoms with van der Waals surface area (Å²) in [5.41, 5.74) is 12.9. The fraction of sp³-hybridized carbons (Fsp3) is 0. The summed E-state index contributed by atoms with van der Waals surface area (Å²) in [5, 5.41) is 2.20. The normalized spacial score (nSPS) is 12.5. The van der Waals surface area contributed by atoms with E-state index in [2.05, 4.69) is 156 Å². The Hall–Kier alpha value is -8.48. The van der Waals surface area contributed by atoms with Crippen LogP contribution in [0.5, 0.6) is 23.0 Å². The quantitative estimate of drug-likeness (QED) is 0.157. The summed E-state index contributed by atoms with van der Waals surface area (Å²) in [7, 11) is 0. The lowest BCUT2D eigenvalue weighted by Crippen LogP contribution is -2.60. The smallest absolute Gasteiger partial charge is 0.255 e. The summed E-state index contributed by atoms with van der Waals surface area (Å²) in [6.07, 6.45) is 0. The molecule has 0 bridgehead atoms. The number of hydrogen-bond donors (Lipinski definition) is 0. The van der Waals surface area contributed by atoms with Crippen LogP contribution in [0.1, 0.15) is 0 Å². The predicted molar refractivity (Wildman–Crippen MR) is 266 cm³/mol. The second-order valence-electron chi connectivity index (χ2n) is 16.6. The molecule has 0 aliphatic carbocycles. The van der Waals surface area contributed by atoms with Gasteiger partial charge in [-0.05, 0) is 57.8 Å². The highest BCUT2D eigenvalue weighted by molar-refractivity contribution is 7.00. The number of fused-ring (bicyclic) bond motifs is 8. The highest BCUT2D eigenvalue weighted by atomic mass is 16.5. The van der Waals surface area contributed by atoms with Crippen LogP contribution in [0.2, 0.25) is 0 Å². The summed E-state index contributed by atoms with van der Waals surface area (Å²) in [6.45, 7) is -0.296. The van der Waals surface area contributed by atoms with Crippen molar-refractivity contribution in [1.29, 1.82) is 0 Å². The van der Waals surface area contributed by atoms with E-state index in [0.29, 0.717) is 17.6 Å². The van der Waals surface area contributed by atoms with Crippen molar-refractivity contribution in [3.63, 3.8) is 0 Å². The Kier molecular flexibility index (Phi) is 8.62. The van der Waals surface area contributed by atoms with Crippen molar-refractivity contribution in [3.05, 3.63) is 218 Å². The van der Waals surface area contributed by atoms with Gasteiger partial charge in [0.1, 0.15) is 23.0 Å². The topological polar surface area (TPSA) is 62.1 Å². The van der Waals surface area contributed by atoms with Gasteiger partial charge in [-0.15, -0.1) is 0 Å². The third-order valence-corrected chi connectivity index (χ3v) is 13.0. The zero-order valence-electron chi connectivity index (χ0n) is 35.0. The second-order valence-corrected chi connectivity index (χ2v) is 16.6. The molecule has 4 heterocycles. The van der Waals surface area contributed by atoms with E-state index in [0.717, 1.165) is 83.2 Å². The van der Waals surface area contributed by atoms with Gasteiger partial charge in [0.2, 0.25) is 5.95 Å². The molecule has 0 saturated carbocycles. The standard InChI is InChI=1S/C57H36B2N4O2/c1-4-18-37(19-5-1)41-24-10-12-26-44(41)59-46-28-14-17-31-51(46)65-54-47(59)33-35-52-53(54)58(45-27-13-16-30-50(45)64-52)40-32-34-49-43(36-40)42-25-11-15-29-48(42)63(49)57-61-55(38-20-6-2-7-21-38)60-56(62-57)39-22-8-3-9-23-39/h1-36H. The van der Waals surface area contributed by atoms with Crippen molar-refractivity contribution in [3.8, 4) is 62.8 Å². The van der Waals surface area contributed by atoms with Gasteiger partial charge >= 0.3 is 0 Å². The maximum Gasteiger partial charge on any atom is 0.255 e. The van der Waals surface area contributed by atoms with Gasteiger partial charge in [-0.2, -0.15) is 9.97 Å². The first-order valence-electron chi connectivity index (χ1n) is 22.0. The molecule has 2 aliphatic heterocycles. The van der Waals surface area contributed by atoms with E-state index in [1.807, 2.05) is 66.7 Å². The molecule has 0 saturated heterocycles. The second kappa shape index (κ2) is 15.1. The zero-order valence-corrected chi connectivity index (χ0v) is 35.0. The first kappa shape index (κ1) is 37.1. The number of hydrogen-bond acceptors (Lipinski definition) is 5. The van der Waals surface area contributed by atoms with E-state index >= 15 is 0 Å². The van der Waals surface area contributed by atoms with Crippen LogP contribution < -0.4 is 42.3 Å². The van der Waals surface area contributed by atoms with E-state index in [9.17, 15) is 0 Å². The number of ether oxygens (including phenoxy) is 2. The summed E-state index contributed by atoms with van der Waals surface area (Å²) in [6, 6.07) is 76.3. The molecule has 0 unspecified atom stereocenters. The van der Waals surface area contributed by atoms with Crippen molar-refractivity contribution in [1.82, 2.24) is 19.5 Å². The fourth-order valence-corrected chi connectivity index (χ4v) is 10.1. The molecular formula is C57H36B2N4O2. The molecule has 0 fully saturated rings. The lowest BCUT2D eigenvalue weighted by molar-refractivity contribution is 0.469. The van der Waals surface area contributed by atoms with Gasteiger partial charge in [0.05, 0.1) is 11.0 Å². The minimum atomic E-state index is -0.210. The molecule has 2 aliphatic rings. The van der Waals surface area contributed by atoms with Gasteiger partial charge in [0.15, 0.2) is 11.6 Å². The first-order valence-corrected chi connectivity index (χ1v) is 22.0. The largest absolute Gasteiger partial charge is 0.459 e. The Bertz CT molecular complexity index is 3580. The molecule has 8 heteroatoms. The molecular weight excluding hydrogens is 794 g/mol. The maximum atomic E-state index is 7.15. The highest BCUT2D eigenvalue weighted by Gasteiger charge is 2.42. The van der Waals surface area contributed by atoms with E-state index in [1.165, 1.54) is 16.6 Å². The van der Waals surface area contributed by atoms with Crippen LogP contribution in [-0.4, -0.2) is 32.9 Å². The molecule has 0 spiro atoms. The third kappa shape index (κ3) is 6.10. The van der Waals surface area contributed by atoms with Crippen molar-refractivity contribution < 1.29 is 9.47 Å². The molecule has 9 aromatic carbocycles. The summed E-state index contributed by atoms with van der Waals surface area (Å²) < 4.78 is 16.2. The minimum absolute atomic E-state index is 0.0863. The molecule has 11 aromatic rings. The molecule has 2 aromatic heterocycles. The number of aromatic nitrogens is 4. The number of benzene rings is 9. The Morgan fingerprint density at radius 3 is 1.63 bits per heavy atom. The van der Waals surface area contributed by atoms with Gasteiger partial charge in [-0.25, -0.2) is 4.98 Å². The molecule has 13 rings (SSSR count). The van der Waals surface area contributed by atoms with Gasteiger partial charge in [-0.1, -0.05) is 199 Å². The molecule has 302 valence electrons. The van der Waals surface area contributed by atoms with Crippen LogP contribution in [-0.2, 0) is 0 Å². The van der Waals surface area contributed by atoms with Crippen LogP contribution >= 0.6 is 0 Å². The Morgan fingerprint density at radius 1 is 0.369 bits per heavy atom. The van der Waals surface area contributed by atoms with E-state index in [4.69, 9.17) is 24.4 Å². The lowest BCUT2D eigenvalue weighted by Gasteiger charge is -2.34. The van der Waals surface area contributed by atoms with Crippen molar-refractivity contribution in [2.75, 3.05) is 0 Å².